The number of nitrogens with one attached hydrogen (secondary N) is 1. The molecule has 5 nitrogen and oxygen atoms in total. The summed E-state index contributed by atoms with van der Waals surface area (Å²) in [5, 5.41) is 8.53. The van der Waals surface area contributed by atoms with Crippen LogP contribution in [0.5, 0.6) is 0 Å². The number of hydrogen-bond donors (Lipinski definition) is 1. The second kappa shape index (κ2) is 7.84. The highest BCUT2D eigenvalue weighted by Crippen LogP contribution is 2.45. The quantitative estimate of drug-likeness (QED) is 0.426. The van der Waals surface area contributed by atoms with Crippen molar-refractivity contribution >= 4 is 29.1 Å². The number of amides is 1. The maximum absolute atomic E-state index is 13.4. The van der Waals surface area contributed by atoms with E-state index in [1.54, 1.807) is 24.5 Å². The number of pyridine rings is 1. The summed E-state index contributed by atoms with van der Waals surface area (Å²) >= 11 is 12.8. The first-order valence-electron chi connectivity index (χ1n) is 9.83. The topological polar surface area (TPSA) is 61.9 Å². The number of hydrogen-bond acceptors (Lipinski definition) is 3. The third-order valence-corrected chi connectivity index (χ3v) is 6.11. The number of nitrogens with zero attached hydrogens (tertiary/aromatic N) is 3. The van der Waals surface area contributed by atoms with Crippen LogP contribution in [0.2, 0.25) is 10.0 Å². The summed E-state index contributed by atoms with van der Waals surface area (Å²) in [6.45, 7) is 2.45. The summed E-state index contributed by atoms with van der Waals surface area (Å²) in [7, 11) is 0. The minimum Gasteiger partial charge on any atom is -0.322 e. The number of H-pyrrole nitrogens is 1. The lowest BCUT2D eigenvalue weighted by molar-refractivity contribution is 0.0730. The van der Waals surface area contributed by atoms with Gasteiger partial charge in [-0.05, 0) is 42.3 Å². The van der Waals surface area contributed by atoms with E-state index in [9.17, 15) is 4.79 Å². The van der Waals surface area contributed by atoms with Gasteiger partial charge in [-0.25, -0.2) is 0 Å². The molecular weight excluding hydrogens is 431 g/mol. The molecule has 0 saturated heterocycles. The number of aryl methyl sites for hydroxylation is 1. The van der Waals surface area contributed by atoms with Crippen molar-refractivity contribution in [1.82, 2.24) is 20.1 Å². The number of aromatic amines is 1. The van der Waals surface area contributed by atoms with Crippen LogP contribution in [0.1, 0.15) is 38.8 Å². The van der Waals surface area contributed by atoms with Crippen LogP contribution < -0.4 is 0 Å². The third kappa shape index (κ3) is 3.50. The fourth-order valence-corrected chi connectivity index (χ4v) is 4.53. The third-order valence-electron chi connectivity index (χ3n) is 5.55. The van der Waals surface area contributed by atoms with E-state index in [2.05, 4.69) is 15.2 Å². The fourth-order valence-electron chi connectivity index (χ4n) is 4.02. The summed E-state index contributed by atoms with van der Waals surface area (Å²) in [6, 6.07) is 16.9. The van der Waals surface area contributed by atoms with Crippen molar-refractivity contribution in [3.05, 3.63) is 105 Å². The van der Waals surface area contributed by atoms with Crippen LogP contribution in [0, 0.1) is 6.92 Å². The predicted octanol–water partition coefficient (Wildman–Crippen LogP) is 5.83. The van der Waals surface area contributed by atoms with Crippen molar-refractivity contribution in [1.29, 1.82) is 0 Å². The van der Waals surface area contributed by atoms with E-state index >= 15 is 0 Å². The van der Waals surface area contributed by atoms with Crippen LogP contribution in [-0.4, -0.2) is 26.0 Å². The zero-order valence-corrected chi connectivity index (χ0v) is 18.2. The Morgan fingerprint density at radius 3 is 2.48 bits per heavy atom. The van der Waals surface area contributed by atoms with Crippen molar-refractivity contribution in [2.45, 2.75) is 19.5 Å². The van der Waals surface area contributed by atoms with Gasteiger partial charge in [0.1, 0.15) is 5.69 Å². The second-order valence-corrected chi connectivity index (χ2v) is 8.43. The molecule has 154 valence electrons. The summed E-state index contributed by atoms with van der Waals surface area (Å²) in [5.74, 6) is -0.117. The molecule has 0 aliphatic carbocycles. The van der Waals surface area contributed by atoms with Crippen LogP contribution in [0.4, 0.5) is 0 Å². The number of halogens is 2. The number of rotatable bonds is 4. The normalized spacial score (nSPS) is 15.4. The molecule has 1 N–H and O–H groups in total. The van der Waals surface area contributed by atoms with Gasteiger partial charge in [-0.15, -0.1) is 0 Å². The zero-order chi connectivity index (χ0) is 21.5. The van der Waals surface area contributed by atoms with Crippen LogP contribution >= 0.6 is 23.2 Å². The van der Waals surface area contributed by atoms with Gasteiger partial charge in [0.05, 0.1) is 11.7 Å². The van der Waals surface area contributed by atoms with E-state index in [0.29, 0.717) is 22.3 Å². The van der Waals surface area contributed by atoms with Gasteiger partial charge >= 0.3 is 0 Å². The molecule has 1 aliphatic rings. The molecule has 2 aromatic carbocycles. The van der Waals surface area contributed by atoms with Crippen LogP contribution in [0.15, 0.2) is 67.0 Å². The lowest BCUT2D eigenvalue weighted by atomic mass is 9.95. The summed E-state index contributed by atoms with van der Waals surface area (Å²) in [6.07, 6.45) is 3.44. The molecule has 0 radical (unpaired) electrons. The molecule has 1 aliphatic heterocycles. The molecule has 5 rings (SSSR count). The van der Waals surface area contributed by atoms with Gasteiger partial charge < -0.3 is 4.90 Å². The van der Waals surface area contributed by atoms with Gasteiger partial charge in [-0.1, -0.05) is 59.1 Å². The molecule has 0 bridgehead atoms. The lowest BCUT2D eigenvalue weighted by Crippen LogP contribution is -2.29. The molecule has 1 amide bonds. The van der Waals surface area contributed by atoms with Gasteiger partial charge in [0, 0.05) is 40.1 Å². The second-order valence-electron chi connectivity index (χ2n) is 7.58. The Morgan fingerprint density at radius 1 is 1.03 bits per heavy atom. The van der Waals surface area contributed by atoms with Gasteiger partial charge in [0.15, 0.2) is 0 Å². The molecule has 2 aromatic heterocycles. The summed E-state index contributed by atoms with van der Waals surface area (Å²) in [5.41, 5.74) is 5.94. The predicted molar refractivity (Wildman–Crippen MR) is 121 cm³/mol. The summed E-state index contributed by atoms with van der Waals surface area (Å²) in [4.78, 5) is 19.3. The van der Waals surface area contributed by atoms with Crippen molar-refractivity contribution in [2.24, 2.45) is 0 Å². The maximum Gasteiger partial charge on any atom is 0.273 e. The molecule has 0 spiro atoms. The Labute approximate surface area is 189 Å². The van der Waals surface area contributed by atoms with Crippen LogP contribution in [-0.2, 0) is 6.54 Å². The van der Waals surface area contributed by atoms with Crippen LogP contribution in [0.25, 0.3) is 11.3 Å². The molecule has 31 heavy (non-hydrogen) atoms. The average molecular weight is 449 g/mol. The van der Waals surface area contributed by atoms with Crippen molar-refractivity contribution in [3.63, 3.8) is 0 Å². The minimum atomic E-state index is -0.393. The van der Waals surface area contributed by atoms with Gasteiger partial charge in [-0.2, -0.15) is 5.10 Å². The Kier molecular flexibility index (Phi) is 5.00. The van der Waals surface area contributed by atoms with Gasteiger partial charge in [0.2, 0.25) is 0 Å². The average Bonchev–Trinajstić information content (AvgIpc) is 3.30. The molecule has 3 heterocycles. The Hall–Kier alpha value is -3.15. The smallest absolute Gasteiger partial charge is 0.273 e. The van der Waals surface area contributed by atoms with E-state index in [4.69, 9.17) is 23.2 Å². The highest BCUT2D eigenvalue weighted by molar-refractivity contribution is 6.35. The van der Waals surface area contributed by atoms with Crippen LogP contribution in [0.3, 0.4) is 0 Å². The molecule has 1 unspecified atom stereocenters. The number of carbonyl (C=O) groups is 1. The monoisotopic (exact) mass is 448 g/mol. The Balaban J connectivity index is 1.68. The molecule has 4 aromatic rings. The lowest BCUT2D eigenvalue weighted by Gasteiger charge is -2.27. The molecule has 1 atom stereocenters. The van der Waals surface area contributed by atoms with Crippen molar-refractivity contribution in [2.75, 3.05) is 0 Å². The van der Waals surface area contributed by atoms with Crippen molar-refractivity contribution < 1.29 is 4.79 Å². The number of aromatic nitrogens is 3. The standard InChI is InChI=1S/C24H18Cl2N4O/c1-14-2-4-16(5-3-14)21-20-22(29-28-21)24(31)30(13-15-8-10-27-11-9-15)23(20)18-7-6-17(25)12-19(18)26/h2-12,23H,13H2,1H3,(H,28,29). The minimum absolute atomic E-state index is 0.117. The highest BCUT2D eigenvalue weighted by Gasteiger charge is 2.42. The summed E-state index contributed by atoms with van der Waals surface area (Å²) < 4.78 is 0. The maximum atomic E-state index is 13.4. The first-order valence-corrected chi connectivity index (χ1v) is 10.6. The first-order chi connectivity index (χ1) is 15.0. The molecular formula is C24H18Cl2N4O. The van der Waals surface area contributed by atoms with E-state index in [1.165, 1.54) is 0 Å². The van der Waals surface area contributed by atoms with Crippen molar-refractivity contribution in [3.8, 4) is 11.3 Å². The highest BCUT2D eigenvalue weighted by atomic mass is 35.5. The number of fused-ring (bicyclic) bond motifs is 1. The van der Waals surface area contributed by atoms with Gasteiger partial charge in [-0.3, -0.25) is 14.9 Å². The number of carbonyl (C=O) groups excluding carboxylic acids is 1. The molecule has 7 heteroatoms. The van der Waals surface area contributed by atoms with E-state index in [0.717, 1.165) is 33.5 Å². The first kappa shape index (κ1) is 19.8. The Morgan fingerprint density at radius 2 is 1.77 bits per heavy atom. The molecule has 0 saturated carbocycles. The largest absolute Gasteiger partial charge is 0.322 e. The zero-order valence-electron chi connectivity index (χ0n) is 16.6. The fraction of sp³-hybridized carbons (Fsp3) is 0.125. The SMILES string of the molecule is Cc1ccc(-c2n[nH]c3c2C(c2ccc(Cl)cc2Cl)N(Cc2ccncc2)C3=O)cc1. The van der Waals surface area contributed by atoms with E-state index < -0.39 is 6.04 Å². The Bertz CT molecular complexity index is 1270. The molecule has 0 fully saturated rings. The number of benzene rings is 2. The van der Waals surface area contributed by atoms with Gasteiger partial charge in [0.25, 0.3) is 5.91 Å². The van der Waals surface area contributed by atoms with E-state index in [-0.39, 0.29) is 5.91 Å². The van der Waals surface area contributed by atoms with E-state index in [1.807, 2.05) is 54.3 Å².